The number of anilines is 1. The van der Waals surface area contributed by atoms with Gasteiger partial charge in [0.15, 0.2) is 17.3 Å². The van der Waals surface area contributed by atoms with E-state index in [2.05, 4.69) is 69.6 Å². The number of rotatable bonds is 5. The summed E-state index contributed by atoms with van der Waals surface area (Å²) < 4.78 is 8.26. The molecule has 2 N–H and O–H groups in total. The third-order valence-electron chi connectivity index (χ3n) is 9.73. The minimum Gasteiger partial charge on any atom is -0.396 e. The van der Waals surface area contributed by atoms with E-state index in [-0.39, 0.29) is 17.9 Å². The van der Waals surface area contributed by atoms with Gasteiger partial charge in [0.2, 0.25) is 0 Å². The average molecular weight is 498 g/mol. The van der Waals surface area contributed by atoms with Gasteiger partial charge in [0.25, 0.3) is 0 Å². The molecule has 1 spiro atoms. The maximum atomic E-state index is 10.2. The lowest BCUT2D eigenvalue weighted by atomic mass is 9.53. The quantitative estimate of drug-likeness (QED) is 0.436. The van der Waals surface area contributed by atoms with Crippen LogP contribution in [0.3, 0.4) is 0 Å². The van der Waals surface area contributed by atoms with Gasteiger partial charge in [-0.3, -0.25) is 5.10 Å². The van der Waals surface area contributed by atoms with Crippen molar-refractivity contribution < 1.29 is 9.84 Å². The highest BCUT2D eigenvalue weighted by Crippen LogP contribution is 2.70. The molecule has 9 heteroatoms. The van der Waals surface area contributed by atoms with Crippen molar-refractivity contribution in [3.8, 4) is 0 Å². The highest BCUT2D eigenvalue weighted by atomic mass is 16.5. The Hall–Kier alpha value is -3.30. The van der Waals surface area contributed by atoms with Crippen molar-refractivity contribution in [3.05, 3.63) is 71.2 Å². The van der Waals surface area contributed by atoms with E-state index in [0.29, 0.717) is 36.0 Å². The Bertz CT molecular complexity index is 1520. The average Bonchev–Trinajstić information content (AvgIpc) is 3.60. The second-order valence-corrected chi connectivity index (χ2v) is 11.9. The maximum Gasteiger partial charge on any atom is 0.184 e. The van der Waals surface area contributed by atoms with Crippen LogP contribution in [0.5, 0.6) is 0 Å². The highest BCUT2D eigenvalue weighted by molar-refractivity contribution is 5.59. The van der Waals surface area contributed by atoms with Crippen LogP contribution in [0.15, 0.2) is 42.6 Å². The molecular formula is C28H31N7O2. The highest BCUT2D eigenvalue weighted by Gasteiger charge is 2.74. The number of aryl methyl sites for hydroxylation is 2. The fraction of sp³-hybridized carbons (Fsp3) is 0.500. The molecule has 6 heterocycles. The van der Waals surface area contributed by atoms with Crippen LogP contribution < -0.4 is 4.90 Å². The summed E-state index contributed by atoms with van der Waals surface area (Å²) in [6, 6.07) is 13.2. The molecule has 190 valence electrons. The molecule has 0 radical (unpaired) electrons. The van der Waals surface area contributed by atoms with Crippen LogP contribution in [0, 0.1) is 24.7 Å². The Morgan fingerprint density at radius 2 is 2.00 bits per heavy atom. The molecule has 2 saturated carbocycles. The predicted octanol–water partition coefficient (Wildman–Crippen LogP) is 3.24. The van der Waals surface area contributed by atoms with Gasteiger partial charge in [-0.2, -0.15) is 5.10 Å². The Balaban J connectivity index is 1.10. The molecular weight excluding hydrogens is 466 g/mol. The number of aliphatic hydroxyl groups is 1. The minimum absolute atomic E-state index is 0.0320. The standard InChI is InChI=1S/C28H31N7O2/c1-17-10-20(34-13-26(14-34)9-8-21(26)19-6-4-3-5-7-19)11-35-24(17)30-25(33-35)28-12-27(15-36,16-37-28)22(28)23-29-18(2)31-32-23/h3-7,10-11,21-22,36H,8-9,12-16H2,1-2H3,(H,29,31,32). The number of aromatic amines is 1. The lowest BCUT2D eigenvalue weighted by Crippen LogP contribution is -2.63. The fourth-order valence-corrected chi connectivity index (χ4v) is 7.73. The number of aromatic nitrogens is 6. The zero-order valence-electron chi connectivity index (χ0n) is 21.2. The van der Waals surface area contributed by atoms with Gasteiger partial charge in [-0.25, -0.2) is 14.5 Å². The van der Waals surface area contributed by atoms with Gasteiger partial charge in [-0.1, -0.05) is 30.3 Å². The molecule has 3 aliphatic heterocycles. The van der Waals surface area contributed by atoms with Crippen molar-refractivity contribution in [1.82, 2.24) is 29.8 Å². The lowest BCUT2D eigenvalue weighted by Gasteiger charge is -2.61. The van der Waals surface area contributed by atoms with E-state index >= 15 is 0 Å². The third kappa shape index (κ3) is 2.76. The first-order chi connectivity index (χ1) is 18.0. The SMILES string of the molecule is Cc1nc(C2C3(CO)COC2(c2nc4c(C)cc(N5CC6(CCC6c6ccccc6)C5)cn4n2)C3)n[nH]1. The smallest absolute Gasteiger partial charge is 0.184 e. The van der Waals surface area contributed by atoms with Crippen molar-refractivity contribution in [2.24, 2.45) is 10.8 Å². The van der Waals surface area contributed by atoms with Gasteiger partial charge in [0, 0.05) is 23.9 Å². The summed E-state index contributed by atoms with van der Waals surface area (Å²) >= 11 is 0. The Morgan fingerprint density at radius 3 is 2.70 bits per heavy atom. The van der Waals surface area contributed by atoms with E-state index in [0.717, 1.165) is 30.1 Å². The maximum absolute atomic E-state index is 10.2. The lowest BCUT2D eigenvalue weighted by molar-refractivity contribution is -0.0714. The van der Waals surface area contributed by atoms with Crippen LogP contribution in [0.4, 0.5) is 5.69 Å². The number of pyridine rings is 1. The molecule has 0 amide bonds. The van der Waals surface area contributed by atoms with Crippen LogP contribution in [-0.2, 0) is 10.3 Å². The van der Waals surface area contributed by atoms with Crippen molar-refractivity contribution >= 4 is 11.3 Å². The van der Waals surface area contributed by atoms with E-state index in [1.54, 1.807) is 0 Å². The van der Waals surface area contributed by atoms with E-state index in [9.17, 15) is 5.11 Å². The molecule has 37 heavy (non-hydrogen) atoms. The zero-order chi connectivity index (χ0) is 25.0. The molecule has 9 rings (SSSR count). The molecule has 4 aromatic rings. The summed E-state index contributed by atoms with van der Waals surface area (Å²) in [4.78, 5) is 12.0. The number of ether oxygens (including phenoxy) is 1. The van der Waals surface area contributed by atoms with Gasteiger partial charge in [-0.05, 0) is 56.2 Å². The van der Waals surface area contributed by atoms with Crippen LogP contribution in [-0.4, -0.2) is 61.2 Å². The number of nitrogens with zero attached hydrogens (tertiary/aromatic N) is 6. The summed E-state index contributed by atoms with van der Waals surface area (Å²) in [6.07, 6.45) is 5.36. The summed E-state index contributed by atoms with van der Waals surface area (Å²) in [6.45, 7) is 6.64. The molecule has 2 bridgehead atoms. The fourth-order valence-electron chi connectivity index (χ4n) is 7.73. The number of fused-ring (bicyclic) bond motifs is 2. The van der Waals surface area contributed by atoms with Gasteiger partial charge in [-0.15, -0.1) is 5.10 Å². The van der Waals surface area contributed by atoms with Crippen molar-refractivity contribution in [2.75, 3.05) is 31.2 Å². The van der Waals surface area contributed by atoms with E-state index in [1.807, 2.05) is 11.4 Å². The predicted molar refractivity (Wildman–Crippen MR) is 136 cm³/mol. The Labute approximate surface area is 214 Å². The molecule has 2 aliphatic carbocycles. The van der Waals surface area contributed by atoms with Crippen molar-refractivity contribution in [3.63, 3.8) is 0 Å². The number of hydrogen-bond acceptors (Lipinski definition) is 7. The number of hydrogen-bond donors (Lipinski definition) is 2. The topological polar surface area (TPSA) is 104 Å². The first kappa shape index (κ1) is 21.8. The zero-order valence-corrected chi connectivity index (χ0v) is 21.2. The Kier molecular flexibility index (Phi) is 4.22. The number of aliphatic hydroxyl groups excluding tert-OH is 1. The molecule has 5 aliphatic rings. The number of H-pyrrole nitrogens is 1. The van der Waals surface area contributed by atoms with Crippen molar-refractivity contribution in [2.45, 2.75) is 50.5 Å². The van der Waals surface area contributed by atoms with Crippen LogP contribution in [0.25, 0.3) is 5.65 Å². The molecule has 5 fully saturated rings. The molecule has 4 atom stereocenters. The van der Waals surface area contributed by atoms with Gasteiger partial charge >= 0.3 is 0 Å². The second kappa shape index (κ2) is 7.17. The molecule has 1 aromatic carbocycles. The van der Waals surface area contributed by atoms with Crippen LogP contribution in [0.2, 0.25) is 0 Å². The first-order valence-corrected chi connectivity index (χ1v) is 13.3. The summed E-state index contributed by atoms with van der Waals surface area (Å²) in [5, 5.41) is 22.6. The van der Waals surface area contributed by atoms with Crippen LogP contribution in [0.1, 0.15) is 59.7 Å². The minimum atomic E-state index is -0.703. The summed E-state index contributed by atoms with van der Waals surface area (Å²) in [5.41, 5.74) is 3.93. The second-order valence-electron chi connectivity index (χ2n) is 11.9. The van der Waals surface area contributed by atoms with Gasteiger partial charge in [0.05, 0.1) is 31.0 Å². The van der Waals surface area contributed by atoms with E-state index in [1.165, 1.54) is 24.1 Å². The van der Waals surface area contributed by atoms with Gasteiger partial charge < -0.3 is 14.7 Å². The van der Waals surface area contributed by atoms with Gasteiger partial charge in [0.1, 0.15) is 11.4 Å². The Morgan fingerprint density at radius 1 is 1.16 bits per heavy atom. The molecule has 4 unspecified atom stereocenters. The molecule has 3 aromatic heterocycles. The van der Waals surface area contributed by atoms with Crippen molar-refractivity contribution in [1.29, 1.82) is 0 Å². The normalized spacial score (nSPS) is 31.4. The third-order valence-corrected chi connectivity index (χ3v) is 9.73. The summed E-state index contributed by atoms with van der Waals surface area (Å²) in [7, 11) is 0. The number of benzene rings is 1. The summed E-state index contributed by atoms with van der Waals surface area (Å²) in [5.74, 6) is 2.57. The van der Waals surface area contributed by atoms with E-state index in [4.69, 9.17) is 14.8 Å². The number of nitrogens with one attached hydrogen (secondary N) is 1. The first-order valence-electron chi connectivity index (χ1n) is 13.3. The largest absolute Gasteiger partial charge is 0.396 e. The van der Waals surface area contributed by atoms with Crippen LogP contribution >= 0.6 is 0 Å². The molecule has 3 saturated heterocycles. The molecule has 9 nitrogen and oxygen atoms in total. The monoisotopic (exact) mass is 497 g/mol. The van der Waals surface area contributed by atoms with E-state index < -0.39 is 5.60 Å².